The van der Waals surface area contributed by atoms with E-state index in [9.17, 15) is 14.0 Å². The minimum Gasteiger partial charge on any atom is -0.375 e. The molecule has 0 saturated carbocycles. The van der Waals surface area contributed by atoms with Crippen molar-refractivity contribution in [3.05, 3.63) is 30.1 Å². The first-order valence-electron chi connectivity index (χ1n) is 6.38. The molecule has 0 saturated heterocycles. The Balaban J connectivity index is 1.82. The van der Waals surface area contributed by atoms with Crippen molar-refractivity contribution in [3.63, 3.8) is 0 Å². The molecule has 0 aliphatic heterocycles. The number of nitrogens with zero attached hydrogens (tertiary/aromatic N) is 2. The minimum absolute atomic E-state index is 0.0506. The van der Waals surface area contributed by atoms with E-state index >= 15 is 0 Å². The van der Waals surface area contributed by atoms with Gasteiger partial charge in [-0.3, -0.25) is 14.9 Å². The zero-order valence-corrected chi connectivity index (χ0v) is 13.7. The maximum atomic E-state index is 13.4. The highest BCUT2D eigenvalue weighted by atomic mass is 32.2. The average Bonchev–Trinajstić information content (AvgIpc) is 2.95. The highest BCUT2D eigenvalue weighted by Crippen LogP contribution is 2.25. The van der Waals surface area contributed by atoms with Crippen molar-refractivity contribution in [1.29, 1.82) is 0 Å². The molecule has 0 aliphatic carbocycles. The van der Waals surface area contributed by atoms with Crippen LogP contribution >= 0.6 is 23.1 Å². The van der Waals surface area contributed by atoms with Gasteiger partial charge in [0.15, 0.2) is 4.34 Å². The molecule has 2 aromatic rings. The molecule has 0 fully saturated rings. The van der Waals surface area contributed by atoms with Crippen LogP contribution in [0.4, 0.5) is 15.2 Å². The second-order valence-corrected chi connectivity index (χ2v) is 6.37. The SMILES string of the molecule is COCC(=O)Nc1nnc(SCC(=O)Nc2ccccc2F)s1. The fourth-order valence-electron chi connectivity index (χ4n) is 1.48. The molecule has 2 rings (SSSR count). The summed E-state index contributed by atoms with van der Waals surface area (Å²) in [6, 6.07) is 5.92. The summed E-state index contributed by atoms with van der Waals surface area (Å²) in [7, 11) is 1.41. The number of carbonyl (C=O) groups excluding carboxylic acids is 2. The van der Waals surface area contributed by atoms with Crippen LogP contribution in [0, 0.1) is 5.82 Å². The van der Waals surface area contributed by atoms with E-state index in [0.717, 1.165) is 23.1 Å². The van der Waals surface area contributed by atoms with E-state index in [1.165, 1.54) is 19.2 Å². The van der Waals surface area contributed by atoms with Gasteiger partial charge >= 0.3 is 0 Å². The second-order valence-electron chi connectivity index (χ2n) is 4.17. The van der Waals surface area contributed by atoms with Gasteiger partial charge in [0.2, 0.25) is 11.0 Å². The zero-order valence-electron chi connectivity index (χ0n) is 12.0. The number of para-hydroxylation sites is 1. The summed E-state index contributed by atoms with van der Waals surface area (Å²) in [5.41, 5.74) is 0.128. The standard InChI is InChI=1S/C13H13FN4O3S2/c1-21-6-10(19)16-12-17-18-13(23-12)22-7-11(20)15-9-5-3-2-4-8(9)14/h2-5H,6-7H2,1H3,(H,15,20)(H,16,17,19). The molecule has 10 heteroatoms. The molecule has 1 heterocycles. The average molecular weight is 356 g/mol. The van der Waals surface area contributed by atoms with Gasteiger partial charge in [0.05, 0.1) is 11.4 Å². The van der Waals surface area contributed by atoms with Gasteiger partial charge in [-0.15, -0.1) is 10.2 Å². The number of nitrogens with one attached hydrogen (secondary N) is 2. The van der Waals surface area contributed by atoms with Crippen molar-refractivity contribution in [2.24, 2.45) is 0 Å². The van der Waals surface area contributed by atoms with Crippen LogP contribution in [0.25, 0.3) is 0 Å². The molecule has 23 heavy (non-hydrogen) atoms. The molecule has 2 amide bonds. The van der Waals surface area contributed by atoms with Crippen LogP contribution in [0.1, 0.15) is 0 Å². The number of amides is 2. The number of hydrogen-bond donors (Lipinski definition) is 2. The van der Waals surface area contributed by atoms with Gasteiger partial charge in [0.1, 0.15) is 12.4 Å². The summed E-state index contributed by atoms with van der Waals surface area (Å²) in [5, 5.41) is 12.9. The Bertz CT molecular complexity index is 695. The highest BCUT2D eigenvalue weighted by Gasteiger charge is 2.11. The Labute approximate surface area is 139 Å². The smallest absolute Gasteiger partial charge is 0.252 e. The van der Waals surface area contributed by atoms with Crippen molar-refractivity contribution >= 4 is 45.7 Å². The van der Waals surface area contributed by atoms with Gasteiger partial charge in [-0.25, -0.2) is 4.39 Å². The molecule has 0 spiro atoms. The molecule has 0 radical (unpaired) electrons. The summed E-state index contributed by atoms with van der Waals surface area (Å²) in [6.07, 6.45) is 0. The van der Waals surface area contributed by atoms with Crippen molar-refractivity contribution in [1.82, 2.24) is 10.2 Å². The lowest BCUT2D eigenvalue weighted by Gasteiger charge is -2.04. The van der Waals surface area contributed by atoms with Crippen LogP contribution in [0.15, 0.2) is 28.6 Å². The summed E-state index contributed by atoms with van der Waals surface area (Å²) in [4.78, 5) is 23.1. The monoisotopic (exact) mass is 356 g/mol. The van der Waals surface area contributed by atoms with E-state index in [4.69, 9.17) is 0 Å². The quantitative estimate of drug-likeness (QED) is 0.582. The summed E-state index contributed by atoms with van der Waals surface area (Å²) in [5.74, 6) is -1.14. The van der Waals surface area contributed by atoms with Crippen LogP contribution in [0.2, 0.25) is 0 Å². The first-order valence-corrected chi connectivity index (χ1v) is 8.18. The Morgan fingerprint density at radius 1 is 1.26 bits per heavy atom. The number of benzene rings is 1. The van der Waals surface area contributed by atoms with Gasteiger partial charge in [-0.2, -0.15) is 0 Å². The number of hydrogen-bond acceptors (Lipinski definition) is 7. The third kappa shape index (κ3) is 5.58. The maximum absolute atomic E-state index is 13.4. The Hall–Kier alpha value is -2.04. The van der Waals surface area contributed by atoms with Gasteiger partial charge in [-0.05, 0) is 12.1 Å². The molecule has 0 bridgehead atoms. The lowest BCUT2D eigenvalue weighted by Crippen LogP contribution is -2.16. The first kappa shape index (κ1) is 17.3. The minimum atomic E-state index is -0.495. The van der Waals surface area contributed by atoms with Crippen molar-refractivity contribution < 1.29 is 18.7 Å². The number of rotatable bonds is 7. The predicted molar refractivity (Wildman–Crippen MR) is 86.2 cm³/mol. The van der Waals surface area contributed by atoms with Crippen LogP contribution in [0.3, 0.4) is 0 Å². The molecule has 7 nitrogen and oxygen atoms in total. The molecule has 1 aromatic carbocycles. The first-order chi connectivity index (χ1) is 11.1. The molecule has 2 N–H and O–H groups in total. The van der Waals surface area contributed by atoms with Crippen molar-refractivity contribution in [2.45, 2.75) is 4.34 Å². The van der Waals surface area contributed by atoms with Crippen LogP contribution in [0.5, 0.6) is 0 Å². The van der Waals surface area contributed by atoms with Crippen molar-refractivity contribution in [3.8, 4) is 0 Å². The largest absolute Gasteiger partial charge is 0.375 e. The van der Waals surface area contributed by atoms with E-state index in [1.807, 2.05) is 0 Å². The molecule has 0 aliphatic rings. The summed E-state index contributed by atoms with van der Waals surface area (Å²) >= 11 is 2.28. The third-order valence-electron chi connectivity index (χ3n) is 2.40. The number of carbonyl (C=O) groups is 2. The van der Waals surface area contributed by atoms with Gasteiger partial charge < -0.3 is 10.1 Å². The lowest BCUT2D eigenvalue weighted by atomic mass is 10.3. The molecular formula is C13H13FN4O3S2. The topological polar surface area (TPSA) is 93.2 Å². The van der Waals surface area contributed by atoms with Gasteiger partial charge in [-0.1, -0.05) is 35.2 Å². The molecule has 0 unspecified atom stereocenters. The summed E-state index contributed by atoms with van der Waals surface area (Å²) < 4.78 is 18.6. The number of methoxy groups -OCH3 is 1. The fraction of sp³-hybridized carbons (Fsp3) is 0.231. The molecule has 0 atom stereocenters. The zero-order chi connectivity index (χ0) is 16.7. The predicted octanol–water partition coefficient (Wildman–Crippen LogP) is 1.99. The van der Waals surface area contributed by atoms with E-state index < -0.39 is 5.82 Å². The number of anilines is 2. The highest BCUT2D eigenvalue weighted by molar-refractivity contribution is 8.01. The number of thioether (sulfide) groups is 1. The Kier molecular flexibility index (Phi) is 6.44. The van der Waals surface area contributed by atoms with Crippen LogP contribution in [-0.2, 0) is 14.3 Å². The third-order valence-corrected chi connectivity index (χ3v) is 4.37. The molecule has 122 valence electrons. The lowest BCUT2D eigenvalue weighted by molar-refractivity contribution is -0.119. The number of ether oxygens (including phenoxy) is 1. The van der Waals surface area contributed by atoms with E-state index in [0.29, 0.717) is 9.47 Å². The maximum Gasteiger partial charge on any atom is 0.252 e. The molecule has 1 aromatic heterocycles. The van der Waals surface area contributed by atoms with Crippen LogP contribution in [-0.4, -0.2) is 41.5 Å². The Morgan fingerprint density at radius 3 is 2.78 bits per heavy atom. The number of aromatic nitrogens is 2. The van der Waals surface area contributed by atoms with Gasteiger partial charge in [0.25, 0.3) is 5.91 Å². The second kappa shape index (κ2) is 8.56. The van der Waals surface area contributed by atoms with Gasteiger partial charge in [0, 0.05) is 7.11 Å². The van der Waals surface area contributed by atoms with E-state index in [1.54, 1.807) is 12.1 Å². The summed E-state index contributed by atoms with van der Waals surface area (Å²) in [6.45, 7) is -0.0763. The van der Waals surface area contributed by atoms with E-state index in [-0.39, 0.29) is 29.9 Å². The Morgan fingerprint density at radius 2 is 2.04 bits per heavy atom. The normalized spacial score (nSPS) is 10.3. The number of halogens is 1. The van der Waals surface area contributed by atoms with E-state index in [2.05, 4.69) is 25.6 Å². The molecular weight excluding hydrogens is 343 g/mol. The van der Waals surface area contributed by atoms with Crippen LogP contribution < -0.4 is 10.6 Å². The fourth-order valence-corrected chi connectivity index (χ4v) is 3.05. The van der Waals surface area contributed by atoms with Crippen molar-refractivity contribution in [2.75, 3.05) is 30.1 Å².